The summed E-state index contributed by atoms with van der Waals surface area (Å²) < 4.78 is 0. The van der Waals surface area contributed by atoms with Crippen LogP contribution in [0.1, 0.15) is 41.1 Å². The van der Waals surface area contributed by atoms with E-state index in [-0.39, 0.29) is 29.5 Å². The lowest BCUT2D eigenvalue weighted by atomic mass is 9.76. The van der Waals surface area contributed by atoms with Crippen LogP contribution in [0.3, 0.4) is 0 Å². The van der Waals surface area contributed by atoms with E-state index in [0.29, 0.717) is 6.42 Å². The molecule has 4 unspecified atom stereocenters. The van der Waals surface area contributed by atoms with Crippen LogP contribution < -0.4 is 5.32 Å². The summed E-state index contributed by atoms with van der Waals surface area (Å²) in [4.78, 5) is 0. The molecule has 0 aromatic heterocycles. The lowest BCUT2D eigenvalue weighted by molar-refractivity contribution is 0.0670. The fourth-order valence-electron chi connectivity index (χ4n) is 4.12. The third-order valence-corrected chi connectivity index (χ3v) is 5.40. The summed E-state index contributed by atoms with van der Waals surface area (Å²) in [5.74, 6) is 0.194. The number of phenols is 2. The van der Waals surface area contributed by atoms with Crippen molar-refractivity contribution in [3.63, 3.8) is 0 Å². The van der Waals surface area contributed by atoms with E-state index >= 15 is 0 Å². The second-order valence-electron chi connectivity index (χ2n) is 7.05. The fraction of sp³-hybridized carbons (Fsp3) is 0.217. The maximum Gasteiger partial charge on any atom is 0.120 e. The Morgan fingerprint density at radius 1 is 0.704 bits per heavy atom. The number of aliphatic hydroxyl groups excluding tert-OH is 1. The standard InChI is InChI=1S/C23H23NO3/c25-19-12-6-4-10-16(19)18-14-21(27)22(15-8-2-1-3-9-15)23(24-18)17-11-5-7-13-20(17)26/h1-13,18,21-27H,14H2. The Balaban J connectivity index is 1.77. The number of piperidine rings is 1. The van der Waals surface area contributed by atoms with Crippen LogP contribution >= 0.6 is 0 Å². The molecule has 27 heavy (non-hydrogen) atoms. The van der Waals surface area contributed by atoms with Crippen LogP contribution in [0.5, 0.6) is 11.5 Å². The van der Waals surface area contributed by atoms with Crippen LogP contribution in [0.25, 0.3) is 0 Å². The van der Waals surface area contributed by atoms with Crippen LogP contribution in [0.2, 0.25) is 0 Å². The first-order chi connectivity index (χ1) is 13.1. The van der Waals surface area contributed by atoms with Crippen molar-refractivity contribution in [3.05, 3.63) is 95.6 Å². The first-order valence-corrected chi connectivity index (χ1v) is 9.20. The van der Waals surface area contributed by atoms with E-state index in [1.807, 2.05) is 54.6 Å². The lowest BCUT2D eigenvalue weighted by Gasteiger charge is -2.42. The zero-order chi connectivity index (χ0) is 18.8. The Morgan fingerprint density at radius 3 is 1.89 bits per heavy atom. The van der Waals surface area contributed by atoms with E-state index in [1.54, 1.807) is 24.3 Å². The second kappa shape index (κ2) is 7.43. The molecule has 1 saturated heterocycles. The van der Waals surface area contributed by atoms with Crippen LogP contribution in [0.4, 0.5) is 0 Å². The molecule has 4 heteroatoms. The van der Waals surface area contributed by atoms with Crippen molar-refractivity contribution in [3.8, 4) is 11.5 Å². The zero-order valence-corrected chi connectivity index (χ0v) is 14.9. The number of aliphatic hydroxyl groups is 1. The smallest absolute Gasteiger partial charge is 0.120 e. The summed E-state index contributed by atoms with van der Waals surface area (Å²) in [6.07, 6.45) is -0.149. The molecule has 3 aromatic rings. The van der Waals surface area contributed by atoms with E-state index in [9.17, 15) is 15.3 Å². The number of benzene rings is 3. The lowest BCUT2D eigenvalue weighted by Crippen LogP contribution is -2.43. The Kier molecular flexibility index (Phi) is 4.84. The normalized spacial score (nSPS) is 25.2. The molecule has 1 aliphatic rings. The highest BCUT2D eigenvalue weighted by molar-refractivity contribution is 5.41. The summed E-state index contributed by atoms with van der Waals surface area (Å²) in [6, 6.07) is 23.8. The van der Waals surface area contributed by atoms with Crippen molar-refractivity contribution in [2.24, 2.45) is 0 Å². The van der Waals surface area contributed by atoms with Gasteiger partial charge in [-0.05, 0) is 24.1 Å². The molecular formula is C23H23NO3. The summed E-state index contributed by atoms with van der Waals surface area (Å²) in [5.41, 5.74) is 2.51. The van der Waals surface area contributed by atoms with Gasteiger partial charge in [0, 0.05) is 29.1 Å². The number of nitrogens with one attached hydrogen (secondary N) is 1. The highest BCUT2D eigenvalue weighted by atomic mass is 16.3. The number of rotatable bonds is 3. The van der Waals surface area contributed by atoms with Gasteiger partial charge in [-0.25, -0.2) is 0 Å². The molecule has 0 saturated carbocycles. The predicted molar refractivity (Wildman–Crippen MR) is 105 cm³/mol. The average Bonchev–Trinajstić information content (AvgIpc) is 2.69. The highest BCUT2D eigenvalue weighted by Gasteiger charge is 2.40. The predicted octanol–water partition coefficient (Wildman–Crippen LogP) is 4.02. The number of aromatic hydroxyl groups is 2. The largest absolute Gasteiger partial charge is 0.508 e. The minimum atomic E-state index is -0.622. The van der Waals surface area contributed by atoms with Crippen molar-refractivity contribution in [2.75, 3.05) is 0 Å². The summed E-state index contributed by atoms with van der Waals surface area (Å²) in [6.45, 7) is 0. The maximum absolute atomic E-state index is 11.1. The van der Waals surface area contributed by atoms with Gasteiger partial charge < -0.3 is 20.6 Å². The molecular weight excluding hydrogens is 338 g/mol. The molecule has 3 aromatic carbocycles. The van der Waals surface area contributed by atoms with Gasteiger partial charge in [0.15, 0.2) is 0 Å². The second-order valence-corrected chi connectivity index (χ2v) is 7.05. The molecule has 138 valence electrons. The van der Waals surface area contributed by atoms with E-state index in [0.717, 1.165) is 16.7 Å². The van der Waals surface area contributed by atoms with Gasteiger partial charge in [0.25, 0.3) is 0 Å². The van der Waals surface area contributed by atoms with E-state index in [1.165, 1.54) is 0 Å². The molecule has 1 fully saturated rings. The number of para-hydroxylation sites is 2. The topological polar surface area (TPSA) is 72.7 Å². The minimum absolute atomic E-state index is 0.195. The quantitative estimate of drug-likeness (QED) is 0.569. The number of hydrogen-bond donors (Lipinski definition) is 4. The summed E-state index contributed by atoms with van der Waals surface area (Å²) >= 11 is 0. The van der Waals surface area contributed by atoms with Gasteiger partial charge in [-0.3, -0.25) is 0 Å². The van der Waals surface area contributed by atoms with Crippen molar-refractivity contribution < 1.29 is 15.3 Å². The van der Waals surface area contributed by atoms with Crippen LogP contribution in [-0.2, 0) is 0 Å². The molecule has 0 spiro atoms. The molecule has 0 radical (unpaired) electrons. The molecule has 4 N–H and O–H groups in total. The van der Waals surface area contributed by atoms with Crippen LogP contribution in [0, 0.1) is 0 Å². The Morgan fingerprint density at radius 2 is 1.26 bits per heavy atom. The minimum Gasteiger partial charge on any atom is -0.508 e. The molecule has 4 nitrogen and oxygen atoms in total. The highest BCUT2D eigenvalue weighted by Crippen LogP contribution is 2.45. The zero-order valence-electron chi connectivity index (χ0n) is 14.9. The Bertz CT molecular complexity index is 912. The fourth-order valence-corrected chi connectivity index (χ4v) is 4.12. The number of hydrogen-bond acceptors (Lipinski definition) is 4. The third-order valence-electron chi connectivity index (χ3n) is 5.40. The van der Waals surface area contributed by atoms with E-state index < -0.39 is 6.10 Å². The molecule has 1 heterocycles. The molecule has 0 bridgehead atoms. The van der Waals surface area contributed by atoms with Gasteiger partial charge in [-0.2, -0.15) is 0 Å². The summed E-state index contributed by atoms with van der Waals surface area (Å²) in [7, 11) is 0. The first kappa shape index (κ1) is 17.6. The average molecular weight is 361 g/mol. The Hall–Kier alpha value is -2.82. The monoisotopic (exact) mass is 361 g/mol. The van der Waals surface area contributed by atoms with Crippen LogP contribution in [-0.4, -0.2) is 21.4 Å². The number of phenolic OH excluding ortho intramolecular Hbond substituents is 2. The molecule has 0 aliphatic carbocycles. The SMILES string of the molecule is Oc1ccccc1C1CC(O)C(c2ccccc2)C(c2ccccc2O)N1. The van der Waals surface area contributed by atoms with Crippen molar-refractivity contribution in [2.45, 2.75) is 30.5 Å². The molecule has 0 amide bonds. The molecule has 1 aliphatic heterocycles. The van der Waals surface area contributed by atoms with E-state index in [4.69, 9.17) is 0 Å². The van der Waals surface area contributed by atoms with Gasteiger partial charge in [0.2, 0.25) is 0 Å². The Labute approximate surface area is 158 Å². The van der Waals surface area contributed by atoms with Gasteiger partial charge in [-0.15, -0.1) is 0 Å². The van der Waals surface area contributed by atoms with Crippen LogP contribution in [0.15, 0.2) is 78.9 Å². The van der Waals surface area contributed by atoms with Gasteiger partial charge in [0.1, 0.15) is 11.5 Å². The van der Waals surface area contributed by atoms with Gasteiger partial charge in [0.05, 0.1) is 6.10 Å². The van der Waals surface area contributed by atoms with Crippen molar-refractivity contribution in [1.29, 1.82) is 0 Å². The van der Waals surface area contributed by atoms with E-state index in [2.05, 4.69) is 5.32 Å². The van der Waals surface area contributed by atoms with Gasteiger partial charge >= 0.3 is 0 Å². The maximum atomic E-state index is 11.1. The summed E-state index contributed by atoms with van der Waals surface area (Å²) in [5, 5.41) is 35.4. The molecule has 4 atom stereocenters. The van der Waals surface area contributed by atoms with Crippen molar-refractivity contribution in [1.82, 2.24) is 5.32 Å². The van der Waals surface area contributed by atoms with Gasteiger partial charge in [-0.1, -0.05) is 66.7 Å². The molecule has 4 rings (SSSR count). The van der Waals surface area contributed by atoms with Crippen molar-refractivity contribution >= 4 is 0 Å². The third kappa shape index (κ3) is 3.42. The first-order valence-electron chi connectivity index (χ1n) is 9.20.